The minimum Gasteiger partial charge on any atom is -0.372 e. The summed E-state index contributed by atoms with van der Waals surface area (Å²) in [4.78, 5) is 2.51. The Morgan fingerprint density at radius 3 is 2.32 bits per heavy atom. The van der Waals surface area contributed by atoms with E-state index in [0.717, 1.165) is 5.92 Å². The van der Waals surface area contributed by atoms with E-state index < -0.39 is 0 Å². The molecule has 2 heterocycles. The molecule has 1 N–H and O–H groups in total. The van der Waals surface area contributed by atoms with E-state index in [1.165, 1.54) is 63.1 Å². The number of rotatable bonds is 3. The van der Waals surface area contributed by atoms with Crippen LogP contribution in [0.3, 0.4) is 0 Å². The van der Waals surface area contributed by atoms with Gasteiger partial charge >= 0.3 is 0 Å². The SMILES string of the molecule is CC(c1ccc(N2CCCC2)cc1)C1CCNCC1. The van der Waals surface area contributed by atoms with Gasteiger partial charge in [0.05, 0.1) is 0 Å². The predicted octanol–water partition coefficient (Wildman–Crippen LogP) is 3.39. The number of nitrogens with one attached hydrogen (secondary N) is 1. The van der Waals surface area contributed by atoms with E-state index in [9.17, 15) is 0 Å². The van der Waals surface area contributed by atoms with Gasteiger partial charge in [-0.2, -0.15) is 0 Å². The van der Waals surface area contributed by atoms with Gasteiger partial charge in [0.15, 0.2) is 0 Å². The first-order valence-corrected chi connectivity index (χ1v) is 7.90. The van der Waals surface area contributed by atoms with Crippen molar-refractivity contribution in [1.82, 2.24) is 5.32 Å². The summed E-state index contributed by atoms with van der Waals surface area (Å²) >= 11 is 0. The lowest BCUT2D eigenvalue weighted by Crippen LogP contribution is -2.30. The van der Waals surface area contributed by atoms with Gasteiger partial charge in [0.25, 0.3) is 0 Å². The Labute approximate surface area is 117 Å². The zero-order valence-corrected chi connectivity index (χ0v) is 12.1. The molecular formula is C17H26N2. The van der Waals surface area contributed by atoms with Gasteiger partial charge in [-0.05, 0) is 68.3 Å². The molecule has 3 rings (SSSR count). The second-order valence-electron chi connectivity index (χ2n) is 6.16. The fraction of sp³-hybridized carbons (Fsp3) is 0.647. The van der Waals surface area contributed by atoms with Crippen LogP contribution in [0.4, 0.5) is 5.69 Å². The maximum absolute atomic E-state index is 3.46. The van der Waals surface area contributed by atoms with E-state index in [1.807, 2.05) is 0 Å². The first kappa shape index (κ1) is 13.0. The fourth-order valence-corrected chi connectivity index (χ4v) is 3.58. The topological polar surface area (TPSA) is 15.3 Å². The number of benzene rings is 1. The van der Waals surface area contributed by atoms with Crippen molar-refractivity contribution in [1.29, 1.82) is 0 Å². The third-order valence-corrected chi connectivity index (χ3v) is 4.98. The molecule has 0 radical (unpaired) electrons. The molecule has 2 saturated heterocycles. The minimum atomic E-state index is 0.703. The van der Waals surface area contributed by atoms with E-state index in [-0.39, 0.29) is 0 Å². The summed E-state index contributed by atoms with van der Waals surface area (Å²) in [5.74, 6) is 1.56. The monoisotopic (exact) mass is 258 g/mol. The van der Waals surface area contributed by atoms with E-state index in [0.29, 0.717) is 5.92 Å². The number of hydrogen-bond acceptors (Lipinski definition) is 2. The Morgan fingerprint density at radius 2 is 1.68 bits per heavy atom. The maximum atomic E-state index is 3.46. The Kier molecular flexibility index (Phi) is 4.07. The van der Waals surface area contributed by atoms with Crippen molar-refractivity contribution >= 4 is 5.69 Å². The van der Waals surface area contributed by atoms with Crippen LogP contribution in [0.1, 0.15) is 44.1 Å². The molecule has 0 spiro atoms. The van der Waals surface area contributed by atoms with Gasteiger partial charge in [-0.15, -0.1) is 0 Å². The standard InChI is InChI=1S/C17H26N2/c1-14(16-8-10-18-11-9-16)15-4-6-17(7-5-15)19-12-2-3-13-19/h4-7,14,16,18H,2-3,8-13H2,1H3. The Morgan fingerprint density at radius 1 is 1.05 bits per heavy atom. The van der Waals surface area contributed by atoms with E-state index in [2.05, 4.69) is 41.4 Å². The molecule has 2 heteroatoms. The van der Waals surface area contributed by atoms with Crippen LogP contribution in [-0.2, 0) is 0 Å². The lowest BCUT2D eigenvalue weighted by Gasteiger charge is -2.29. The minimum absolute atomic E-state index is 0.703. The lowest BCUT2D eigenvalue weighted by atomic mass is 9.82. The summed E-state index contributed by atoms with van der Waals surface area (Å²) in [6.45, 7) is 7.27. The van der Waals surface area contributed by atoms with Gasteiger partial charge in [-0.1, -0.05) is 19.1 Å². The first-order valence-electron chi connectivity index (χ1n) is 7.90. The highest BCUT2D eigenvalue weighted by molar-refractivity contribution is 5.48. The van der Waals surface area contributed by atoms with Crippen molar-refractivity contribution in [2.45, 2.75) is 38.5 Å². The van der Waals surface area contributed by atoms with Crippen LogP contribution in [0.5, 0.6) is 0 Å². The summed E-state index contributed by atoms with van der Waals surface area (Å²) in [5, 5.41) is 3.46. The molecule has 2 aliphatic heterocycles. The lowest BCUT2D eigenvalue weighted by molar-refractivity contribution is 0.330. The van der Waals surface area contributed by atoms with Gasteiger partial charge < -0.3 is 10.2 Å². The van der Waals surface area contributed by atoms with Crippen LogP contribution < -0.4 is 10.2 Å². The Balaban J connectivity index is 1.67. The Bertz CT molecular complexity index is 386. The average molecular weight is 258 g/mol. The molecular weight excluding hydrogens is 232 g/mol. The number of anilines is 1. The molecule has 0 aromatic heterocycles. The third kappa shape index (κ3) is 2.94. The van der Waals surface area contributed by atoms with Crippen LogP contribution in [-0.4, -0.2) is 26.2 Å². The van der Waals surface area contributed by atoms with Crippen LogP contribution >= 0.6 is 0 Å². The highest BCUT2D eigenvalue weighted by atomic mass is 15.1. The molecule has 1 aromatic carbocycles. The van der Waals surface area contributed by atoms with Crippen molar-refractivity contribution in [3.63, 3.8) is 0 Å². The van der Waals surface area contributed by atoms with Gasteiger partial charge in [0.1, 0.15) is 0 Å². The van der Waals surface area contributed by atoms with Crippen LogP contribution in [0.15, 0.2) is 24.3 Å². The summed E-state index contributed by atoms with van der Waals surface area (Å²) in [6, 6.07) is 9.39. The molecule has 1 unspecified atom stereocenters. The van der Waals surface area contributed by atoms with Crippen molar-refractivity contribution < 1.29 is 0 Å². The molecule has 0 saturated carbocycles. The quantitative estimate of drug-likeness (QED) is 0.894. The number of nitrogens with zero attached hydrogens (tertiary/aromatic N) is 1. The molecule has 104 valence electrons. The fourth-order valence-electron chi connectivity index (χ4n) is 3.58. The van der Waals surface area contributed by atoms with Crippen molar-refractivity contribution in [3.8, 4) is 0 Å². The molecule has 1 aromatic rings. The molecule has 2 fully saturated rings. The van der Waals surface area contributed by atoms with Gasteiger partial charge in [-0.25, -0.2) is 0 Å². The van der Waals surface area contributed by atoms with E-state index in [4.69, 9.17) is 0 Å². The molecule has 2 aliphatic rings. The second-order valence-corrected chi connectivity index (χ2v) is 6.16. The van der Waals surface area contributed by atoms with Crippen LogP contribution in [0.25, 0.3) is 0 Å². The van der Waals surface area contributed by atoms with Crippen molar-refractivity contribution in [3.05, 3.63) is 29.8 Å². The summed E-state index contributed by atoms with van der Waals surface area (Å²) < 4.78 is 0. The summed E-state index contributed by atoms with van der Waals surface area (Å²) in [5.41, 5.74) is 2.94. The maximum Gasteiger partial charge on any atom is 0.0366 e. The largest absolute Gasteiger partial charge is 0.372 e. The van der Waals surface area contributed by atoms with Gasteiger partial charge in [-0.3, -0.25) is 0 Å². The number of hydrogen-bond donors (Lipinski definition) is 1. The number of piperidine rings is 1. The molecule has 19 heavy (non-hydrogen) atoms. The first-order chi connectivity index (χ1) is 9.34. The van der Waals surface area contributed by atoms with Crippen molar-refractivity contribution in [2.75, 3.05) is 31.1 Å². The molecule has 0 aliphatic carbocycles. The molecule has 2 nitrogen and oxygen atoms in total. The van der Waals surface area contributed by atoms with Gasteiger partial charge in [0, 0.05) is 18.8 Å². The summed E-state index contributed by atoms with van der Waals surface area (Å²) in [7, 11) is 0. The van der Waals surface area contributed by atoms with Crippen LogP contribution in [0.2, 0.25) is 0 Å². The third-order valence-electron chi connectivity index (χ3n) is 4.98. The molecule has 0 amide bonds. The molecule has 0 bridgehead atoms. The second kappa shape index (κ2) is 5.96. The average Bonchev–Trinajstić information content (AvgIpc) is 3.02. The van der Waals surface area contributed by atoms with E-state index in [1.54, 1.807) is 0 Å². The highest BCUT2D eigenvalue weighted by Crippen LogP contribution is 2.31. The zero-order chi connectivity index (χ0) is 13.1. The van der Waals surface area contributed by atoms with E-state index >= 15 is 0 Å². The van der Waals surface area contributed by atoms with Crippen molar-refractivity contribution in [2.24, 2.45) is 5.92 Å². The molecule has 1 atom stereocenters. The smallest absolute Gasteiger partial charge is 0.0366 e. The van der Waals surface area contributed by atoms with Crippen LogP contribution in [0, 0.1) is 5.92 Å². The Hall–Kier alpha value is -1.02. The zero-order valence-electron chi connectivity index (χ0n) is 12.1. The summed E-state index contributed by atoms with van der Waals surface area (Å²) in [6.07, 6.45) is 5.37. The normalized spacial score (nSPS) is 22.7. The van der Waals surface area contributed by atoms with Gasteiger partial charge in [0.2, 0.25) is 0 Å². The predicted molar refractivity (Wildman–Crippen MR) is 81.9 cm³/mol. The highest BCUT2D eigenvalue weighted by Gasteiger charge is 2.21.